The van der Waals surface area contributed by atoms with Crippen molar-refractivity contribution in [1.29, 1.82) is 0 Å². The van der Waals surface area contributed by atoms with Gasteiger partial charge in [-0.05, 0) is 177 Å². The fourth-order valence-corrected chi connectivity index (χ4v) is 11.2. The van der Waals surface area contributed by atoms with Crippen LogP contribution in [0.4, 0.5) is 0 Å². The highest BCUT2D eigenvalue weighted by atomic mass is 35.5. The summed E-state index contributed by atoms with van der Waals surface area (Å²) in [5, 5.41) is 45.6. The van der Waals surface area contributed by atoms with Crippen LogP contribution in [-0.2, 0) is 52.9 Å². The summed E-state index contributed by atoms with van der Waals surface area (Å²) in [5.41, 5.74) is 10.3. The van der Waals surface area contributed by atoms with Gasteiger partial charge in [-0.3, -0.25) is 14.4 Å². The van der Waals surface area contributed by atoms with Crippen LogP contribution in [0.2, 0.25) is 10.0 Å². The Balaban J connectivity index is 1.16. The second-order valence-corrected chi connectivity index (χ2v) is 18.9. The van der Waals surface area contributed by atoms with Gasteiger partial charge in [-0.15, -0.1) is 0 Å². The first-order valence-electron chi connectivity index (χ1n) is 22.3. The Morgan fingerprint density at radius 3 is 1.60 bits per heavy atom. The molecule has 0 unspecified atom stereocenters. The van der Waals surface area contributed by atoms with Crippen molar-refractivity contribution in [3.05, 3.63) is 139 Å². The number of carboxylic acid groups (broad SMARTS) is 3. The van der Waals surface area contributed by atoms with Gasteiger partial charge in [0.05, 0.1) is 17.8 Å². The third kappa shape index (κ3) is 10.2. The molecule has 5 aliphatic rings. The van der Waals surface area contributed by atoms with Crippen molar-refractivity contribution < 1.29 is 29.7 Å². The van der Waals surface area contributed by atoms with Gasteiger partial charge in [-0.1, -0.05) is 71.7 Å². The Hall–Kier alpha value is -4.45. The maximum Gasteiger partial charge on any atom is 0.307 e. The molecule has 4 aliphatic heterocycles. The van der Waals surface area contributed by atoms with Crippen LogP contribution in [0.15, 0.2) is 89.8 Å². The third-order valence-corrected chi connectivity index (χ3v) is 15.0. The summed E-state index contributed by atoms with van der Waals surface area (Å²) in [6.45, 7) is 4.60. The molecule has 0 radical (unpaired) electrons. The standard InChI is InChI=1S/C50H58Cl2N4O6/c51-45-9-4-29(21-41(48(57)58)33-11-15-53-26-33)18-36(45)24-44-38(39-8-7-32-6-3-31(20-40(32)39)23-43(50(61)62)35-13-17-55-28-35)2-1-14-56-47(44)25-37-19-30(5-10-46(37)52)22-42(49(59)60)34-12-16-54-27-34/h1-6,9-10,14,18-20,33-35,39,41-43,53-56H,7-8,11-13,15-17,21-28H2,(H,57,58)(H,59,60)(H,61,62)/t33-,34-,35-,39-,41-,42-,43-/m0/s1. The van der Waals surface area contributed by atoms with Gasteiger partial charge in [-0.2, -0.15) is 0 Å². The van der Waals surface area contributed by atoms with E-state index in [-0.39, 0.29) is 23.7 Å². The van der Waals surface area contributed by atoms with Gasteiger partial charge in [0, 0.05) is 40.7 Å². The fraction of sp³-hybridized carbons (Fsp3) is 0.460. The summed E-state index contributed by atoms with van der Waals surface area (Å²) in [6.07, 6.45) is 12.7. The number of carboxylic acids is 3. The number of allylic oxidation sites excluding steroid dienone is 5. The molecule has 62 heavy (non-hydrogen) atoms. The number of aliphatic carboxylic acids is 3. The minimum atomic E-state index is -0.785. The molecular formula is C50H58Cl2N4O6. The van der Waals surface area contributed by atoms with E-state index in [9.17, 15) is 29.7 Å². The number of rotatable bonds is 17. The number of nitrogens with one attached hydrogen (secondary N) is 4. The van der Waals surface area contributed by atoms with Gasteiger partial charge in [0.25, 0.3) is 0 Å². The predicted molar refractivity (Wildman–Crippen MR) is 243 cm³/mol. The fourth-order valence-electron chi connectivity index (χ4n) is 10.8. The molecule has 0 aromatic heterocycles. The van der Waals surface area contributed by atoms with Gasteiger partial charge >= 0.3 is 17.9 Å². The quantitative estimate of drug-likeness (QED) is 0.0731. The molecule has 0 saturated carbocycles. The minimum absolute atomic E-state index is 0.0299. The second kappa shape index (κ2) is 19.9. The summed E-state index contributed by atoms with van der Waals surface area (Å²) < 4.78 is 0. The Bertz CT molecular complexity index is 2250. The minimum Gasteiger partial charge on any atom is -0.481 e. The van der Waals surface area contributed by atoms with E-state index in [1.807, 2.05) is 36.5 Å². The average Bonchev–Trinajstić information content (AvgIpc) is 4.10. The van der Waals surface area contributed by atoms with Crippen molar-refractivity contribution >= 4 is 41.1 Å². The Morgan fingerprint density at radius 1 is 0.629 bits per heavy atom. The van der Waals surface area contributed by atoms with E-state index < -0.39 is 35.7 Å². The topological polar surface area (TPSA) is 160 Å². The average molecular weight is 882 g/mol. The van der Waals surface area contributed by atoms with Gasteiger partial charge in [-0.25, -0.2) is 0 Å². The lowest BCUT2D eigenvalue weighted by Gasteiger charge is -2.25. The van der Waals surface area contributed by atoms with Crippen LogP contribution in [0, 0.1) is 35.5 Å². The number of halogens is 2. The van der Waals surface area contributed by atoms with E-state index in [0.717, 1.165) is 103 Å². The highest BCUT2D eigenvalue weighted by molar-refractivity contribution is 6.31. The van der Waals surface area contributed by atoms with Gasteiger partial charge in [0.1, 0.15) is 0 Å². The summed E-state index contributed by atoms with van der Waals surface area (Å²) >= 11 is 14.1. The highest BCUT2D eigenvalue weighted by Gasteiger charge is 2.35. The largest absolute Gasteiger partial charge is 0.481 e. The first-order chi connectivity index (χ1) is 30.0. The predicted octanol–water partition coefficient (Wildman–Crippen LogP) is 7.36. The summed E-state index contributed by atoms with van der Waals surface area (Å²) in [7, 11) is 0. The molecule has 7 atom stereocenters. The first kappa shape index (κ1) is 44.2. The monoisotopic (exact) mass is 880 g/mol. The lowest BCUT2D eigenvalue weighted by molar-refractivity contribution is -0.144. The SMILES string of the molecule is O=C(O)[C@@H](Cc1ccc(Cl)c(CC2=C(Cc3cc(C[C@H](C(=O)O)[C@H]4CCNC4)ccc3Cl)C([C@@H]3CCc4ccc(C[C@H](C(=O)O)[C@H]5CCNC5)cc43)=CC=CN2)c1)[C@H]1CCNC1. The van der Waals surface area contributed by atoms with Crippen LogP contribution in [0.5, 0.6) is 0 Å². The van der Waals surface area contributed by atoms with E-state index >= 15 is 0 Å². The zero-order chi connectivity index (χ0) is 43.3. The second-order valence-electron chi connectivity index (χ2n) is 18.1. The normalized spacial score (nSPS) is 23.7. The molecule has 0 amide bonds. The molecular weight excluding hydrogens is 823 g/mol. The Kier molecular flexibility index (Phi) is 14.2. The van der Waals surface area contributed by atoms with Crippen molar-refractivity contribution in [1.82, 2.24) is 21.3 Å². The van der Waals surface area contributed by atoms with Crippen LogP contribution in [0.1, 0.15) is 70.5 Å². The number of fused-ring (bicyclic) bond motifs is 1. The van der Waals surface area contributed by atoms with E-state index in [2.05, 4.69) is 57.7 Å². The lowest BCUT2D eigenvalue weighted by Crippen LogP contribution is -2.27. The van der Waals surface area contributed by atoms with Crippen LogP contribution in [0.25, 0.3) is 0 Å². The summed E-state index contributed by atoms with van der Waals surface area (Å²) in [5.74, 6) is -3.56. The molecule has 0 spiro atoms. The molecule has 3 aromatic rings. The van der Waals surface area contributed by atoms with E-state index in [4.69, 9.17) is 23.2 Å². The van der Waals surface area contributed by atoms with Crippen molar-refractivity contribution in [2.75, 3.05) is 39.3 Å². The van der Waals surface area contributed by atoms with Crippen LogP contribution >= 0.6 is 23.2 Å². The smallest absolute Gasteiger partial charge is 0.307 e. The lowest BCUT2D eigenvalue weighted by atomic mass is 9.81. The van der Waals surface area contributed by atoms with Gasteiger partial charge in [0.15, 0.2) is 0 Å². The van der Waals surface area contributed by atoms with E-state index in [1.165, 1.54) is 11.1 Å². The van der Waals surface area contributed by atoms with Gasteiger partial charge in [0.2, 0.25) is 0 Å². The van der Waals surface area contributed by atoms with Crippen molar-refractivity contribution in [2.45, 2.75) is 70.1 Å². The molecule has 3 fully saturated rings. The first-order valence-corrected chi connectivity index (χ1v) is 23.1. The van der Waals surface area contributed by atoms with Crippen LogP contribution in [-0.4, -0.2) is 72.5 Å². The van der Waals surface area contributed by atoms with Crippen molar-refractivity contribution in [3.63, 3.8) is 0 Å². The molecule has 328 valence electrons. The maximum absolute atomic E-state index is 12.5. The highest BCUT2D eigenvalue weighted by Crippen LogP contribution is 2.45. The molecule has 1 aliphatic carbocycles. The van der Waals surface area contributed by atoms with Crippen molar-refractivity contribution in [2.24, 2.45) is 35.5 Å². The third-order valence-electron chi connectivity index (χ3n) is 14.3. The molecule has 0 bridgehead atoms. The molecule has 3 aromatic carbocycles. The number of carbonyl (C=O) groups is 3. The van der Waals surface area contributed by atoms with Crippen molar-refractivity contribution in [3.8, 4) is 0 Å². The molecule has 4 heterocycles. The van der Waals surface area contributed by atoms with Crippen LogP contribution < -0.4 is 21.3 Å². The number of hydrogen-bond donors (Lipinski definition) is 7. The molecule has 10 nitrogen and oxygen atoms in total. The molecule has 7 N–H and O–H groups in total. The van der Waals surface area contributed by atoms with E-state index in [0.29, 0.717) is 55.2 Å². The van der Waals surface area contributed by atoms with Crippen LogP contribution in [0.3, 0.4) is 0 Å². The number of benzene rings is 3. The molecule has 3 saturated heterocycles. The van der Waals surface area contributed by atoms with E-state index in [1.54, 1.807) is 0 Å². The molecule has 12 heteroatoms. The Labute approximate surface area is 374 Å². The number of aryl methyl sites for hydroxylation is 1. The Morgan fingerprint density at radius 2 is 1.11 bits per heavy atom. The maximum atomic E-state index is 12.5. The summed E-state index contributed by atoms with van der Waals surface area (Å²) in [6, 6.07) is 18.3. The zero-order valence-electron chi connectivity index (χ0n) is 35.1. The zero-order valence-corrected chi connectivity index (χ0v) is 36.6. The van der Waals surface area contributed by atoms with Gasteiger partial charge < -0.3 is 36.6 Å². The molecule has 8 rings (SSSR count). The summed E-state index contributed by atoms with van der Waals surface area (Å²) in [4.78, 5) is 37.6. The number of hydrogen-bond acceptors (Lipinski definition) is 7.